The van der Waals surface area contributed by atoms with Gasteiger partial charge in [0.15, 0.2) is 0 Å². The number of sulfonamides is 1. The Morgan fingerprint density at radius 2 is 1.80 bits per heavy atom. The molecule has 1 aromatic rings. The lowest BCUT2D eigenvalue weighted by Crippen LogP contribution is -2.37. The topological polar surface area (TPSA) is 66.9 Å². The van der Waals surface area contributed by atoms with Gasteiger partial charge in [0.05, 0.1) is 12.4 Å². The van der Waals surface area contributed by atoms with E-state index in [1.165, 1.54) is 4.31 Å². The number of hydrogen-bond donors (Lipinski definition) is 0. The van der Waals surface area contributed by atoms with E-state index in [4.69, 9.17) is 4.74 Å². The number of carbonyl (C=O) groups excluding carboxylic acids is 1. The lowest BCUT2D eigenvalue weighted by Gasteiger charge is -2.21. The van der Waals surface area contributed by atoms with Gasteiger partial charge in [0.2, 0.25) is 10.0 Å². The van der Waals surface area contributed by atoms with Crippen LogP contribution in [-0.4, -0.2) is 62.1 Å². The minimum atomic E-state index is -3.20. The van der Waals surface area contributed by atoms with Crippen LogP contribution in [0.1, 0.15) is 37.6 Å². The predicted molar refractivity (Wildman–Crippen MR) is 98.3 cm³/mol. The van der Waals surface area contributed by atoms with Crippen molar-refractivity contribution in [2.75, 3.05) is 38.5 Å². The Kier molecular flexibility index (Phi) is 6.84. The van der Waals surface area contributed by atoms with Crippen LogP contribution in [-0.2, 0) is 10.0 Å². The van der Waals surface area contributed by atoms with E-state index in [0.29, 0.717) is 50.7 Å². The van der Waals surface area contributed by atoms with Crippen molar-refractivity contribution in [2.45, 2.75) is 27.2 Å². The number of carbonyl (C=O) groups is 1. The van der Waals surface area contributed by atoms with Gasteiger partial charge in [-0.1, -0.05) is 13.8 Å². The molecule has 140 valence electrons. The summed E-state index contributed by atoms with van der Waals surface area (Å²) in [5, 5.41) is 0. The second-order valence-corrected chi connectivity index (χ2v) is 8.93. The van der Waals surface area contributed by atoms with Gasteiger partial charge in [0, 0.05) is 31.7 Å². The normalized spacial score (nSPS) is 16.7. The summed E-state index contributed by atoms with van der Waals surface area (Å²) in [6.07, 6.45) is 0.653. The minimum Gasteiger partial charge on any atom is -0.493 e. The summed E-state index contributed by atoms with van der Waals surface area (Å²) >= 11 is 0. The van der Waals surface area contributed by atoms with E-state index in [0.717, 1.165) is 5.75 Å². The molecule has 7 heteroatoms. The Labute approximate surface area is 150 Å². The number of rotatable bonds is 6. The molecule has 0 N–H and O–H groups in total. The number of nitrogens with zero attached hydrogens (tertiary/aromatic N) is 2. The number of hydrogen-bond acceptors (Lipinski definition) is 4. The molecule has 1 fully saturated rings. The number of ether oxygens (including phenoxy) is 1. The first-order valence-corrected chi connectivity index (χ1v) is 10.4. The first-order valence-electron chi connectivity index (χ1n) is 8.83. The third-order valence-electron chi connectivity index (χ3n) is 4.18. The molecule has 0 bridgehead atoms. The van der Waals surface area contributed by atoms with Gasteiger partial charge in [-0.2, -0.15) is 0 Å². The summed E-state index contributed by atoms with van der Waals surface area (Å²) in [6, 6.07) is 7.15. The fourth-order valence-electron chi connectivity index (χ4n) is 2.70. The second kappa shape index (κ2) is 8.67. The summed E-state index contributed by atoms with van der Waals surface area (Å²) in [5.41, 5.74) is 0.601. The highest BCUT2D eigenvalue weighted by Crippen LogP contribution is 2.16. The van der Waals surface area contributed by atoms with E-state index in [-0.39, 0.29) is 11.7 Å². The summed E-state index contributed by atoms with van der Waals surface area (Å²) in [5.74, 6) is 1.23. The third-order valence-corrected chi connectivity index (χ3v) is 6.07. The summed E-state index contributed by atoms with van der Waals surface area (Å²) in [4.78, 5) is 14.4. The monoisotopic (exact) mass is 368 g/mol. The van der Waals surface area contributed by atoms with Crippen molar-refractivity contribution >= 4 is 15.9 Å². The highest BCUT2D eigenvalue weighted by molar-refractivity contribution is 7.89. The molecule has 1 aromatic carbocycles. The molecule has 6 nitrogen and oxygen atoms in total. The van der Waals surface area contributed by atoms with Gasteiger partial charge in [0.25, 0.3) is 5.91 Å². The highest BCUT2D eigenvalue weighted by atomic mass is 32.2. The molecular weight excluding hydrogens is 340 g/mol. The quantitative estimate of drug-likeness (QED) is 0.772. The zero-order chi connectivity index (χ0) is 18.4. The molecule has 1 aliphatic heterocycles. The van der Waals surface area contributed by atoms with Crippen molar-refractivity contribution in [1.29, 1.82) is 0 Å². The molecule has 0 unspecified atom stereocenters. The average molecular weight is 368 g/mol. The van der Waals surface area contributed by atoms with Crippen LogP contribution in [0.2, 0.25) is 0 Å². The Bertz CT molecular complexity index is 671. The molecule has 0 aliphatic carbocycles. The van der Waals surface area contributed by atoms with Crippen molar-refractivity contribution in [1.82, 2.24) is 9.21 Å². The minimum absolute atomic E-state index is 0.0637. The smallest absolute Gasteiger partial charge is 0.253 e. The Morgan fingerprint density at radius 1 is 1.12 bits per heavy atom. The molecule has 1 heterocycles. The molecule has 1 saturated heterocycles. The lowest BCUT2D eigenvalue weighted by molar-refractivity contribution is 0.0764. The predicted octanol–water partition coefficient (Wildman–Crippen LogP) is 2.22. The molecule has 0 atom stereocenters. The highest BCUT2D eigenvalue weighted by Gasteiger charge is 2.25. The van der Waals surface area contributed by atoms with E-state index < -0.39 is 10.0 Å². The van der Waals surface area contributed by atoms with E-state index in [9.17, 15) is 13.2 Å². The van der Waals surface area contributed by atoms with E-state index in [2.05, 4.69) is 13.8 Å². The molecule has 0 aromatic heterocycles. The first kappa shape index (κ1) is 19.7. The Hall–Kier alpha value is -1.60. The van der Waals surface area contributed by atoms with Crippen LogP contribution in [0, 0.1) is 5.92 Å². The zero-order valence-electron chi connectivity index (χ0n) is 15.3. The van der Waals surface area contributed by atoms with Crippen LogP contribution in [0.3, 0.4) is 0 Å². The molecular formula is C18H28N2O4S. The molecule has 0 saturated carbocycles. The average Bonchev–Trinajstić information content (AvgIpc) is 2.86. The number of benzene rings is 1. The molecule has 1 aliphatic rings. The maximum atomic E-state index is 12.7. The lowest BCUT2D eigenvalue weighted by atomic mass is 10.2. The van der Waals surface area contributed by atoms with Crippen LogP contribution >= 0.6 is 0 Å². The zero-order valence-corrected chi connectivity index (χ0v) is 16.1. The molecule has 0 spiro atoms. The Morgan fingerprint density at radius 3 is 2.40 bits per heavy atom. The van der Waals surface area contributed by atoms with Crippen LogP contribution in [0.15, 0.2) is 24.3 Å². The molecule has 2 rings (SSSR count). The van der Waals surface area contributed by atoms with Crippen molar-refractivity contribution in [3.63, 3.8) is 0 Å². The maximum Gasteiger partial charge on any atom is 0.253 e. The first-order chi connectivity index (χ1) is 11.8. The van der Waals surface area contributed by atoms with Crippen LogP contribution in [0.25, 0.3) is 0 Å². The van der Waals surface area contributed by atoms with Crippen LogP contribution < -0.4 is 4.74 Å². The van der Waals surface area contributed by atoms with Crippen LogP contribution in [0.4, 0.5) is 0 Å². The van der Waals surface area contributed by atoms with E-state index >= 15 is 0 Å². The summed E-state index contributed by atoms with van der Waals surface area (Å²) in [6.45, 7) is 8.27. The standard InChI is InChI=1S/C18H28N2O4S/c1-4-25(22,23)20-11-5-10-19(12-13-20)18(21)16-6-8-17(9-7-16)24-14-15(2)3/h6-9,15H,4-5,10-14H2,1-3H3. The maximum absolute atomic E-state index is 12.7. The van der Waals surface area contributed by atoms with Gasteiger partial charge >= 0.3 is 0 Å². The SMILES string of the molecule is CCS(=O)(=O)N1CCCN(C(=O)c2ccc(OCC(C)C)cc2)CC1. The van der Waals surface area contributed by atoms with E-state index in [1.54, 1.807) is 36.1 Å². The molecule has 1 amide bonds. The van der Waals surface area contributed by atoms with Gasteiger partial charge in [-0.05, 0) is 43.5 Å². The number of amides is 1. The van der Waals surface area contributed by atoms with Crippen molar-refractivity contribution in [3.8, 4) is 5.75 Å². The van der Waals surface area contributed by atoms with Gasteiger partial charge in [-0.3, -0.25) is 4.79 Å². The van der Waals surface area contributed by atoms with Crippen molar-refractivity contribution in [2.24, 2.45) is 5.92 Å². The summed E-state index contributed by atoms with van der Waals surface area (Å²) in [7, 11) is -3.20. The molecule has 25 heavy (non-hydrogen) atoms. The van der Waals surface area contributed by atoms with E-state index in [1.807, 2.05) is 0 Å². The van der Waals surface area contributed by atoms with Gasteiger partial charge < -0.3 is 9.64 Å². The fraction of sp³-hybridized carbons (Fsp3) is 0.611. The fourth-order valence-corrected chi connectivity index (χ4v) is 3.83. The molecule has 0 radical (unpaired) electrons. The Balaban J connectivity index is 1.98. The largest absolute Gasteiger partial charge is 0.493 e. The van der Waals surface area contributed by atoms with Gasteiger partial charge in [-0.15, -0.1) is 0 Å². The van der Waals surface area contributed by atoms with Gasteiger partial charge in [0.1, 0.15) is 5.75 Å². The third kappa shape index (κ3) is 5.44. The van der Waals surface area contributed by atoms with Crippen molar-refractivity contribution in [3.05, 3.63) is 29.8 Å². The second-order valence-electron chi connectivity index (χ2n) is 6.67. The van der Waals surface area contributed by atoms with Crippen molar-refractivity contribution < 1.29 is 17.9 Å². The van der Waals surface area contributed by atoms with Crippen LogP contribution in [0.5, 0.6) is 5.75 Å². The summed E-state index contributed by atoms with van der Waals surface area (Å²) < 4.78 is 31.1. The van der Waals surface area contributed by atoms with Gasteiger partial charge in [-0.25, -0.2) is 12.7 Å².